The van der Waals surface area contributed by atoms with Crippen molar-refractivity contribution in [1.29, 1.82) is 0 Å². The first kappa shape index (κ1) is 21.9. The van der Waals surface area contributed by atoms with Crippen molar-refractivity contribution in [3.63, 3.8) is 0 Å². The van der Waals surface area contributed by atoms with E-state index in [1.807, 2.05) is 24.4 Å². The lowest BCUT2D eigenvalue weighted by Crippen LogP contribution is -2.30. The number of hydrogen-bond acceptors (Lipinski definition) is 4. The van der Waals surface area contributed by atoms with E-state index in [0.29, 0.717) is 11.0 Å². The van der Waals surface area contributed by atoms with Gasteiger partial charge in [0.25, 0.3) is 0 Å². The van der Waals surface area contributed by atoms with Crippen LogP contribution in [0.2, 0.25) is 0 Å². The first-order valence-electron chi connectivity index (χ1n) is 11.7. The van der Waals surface area contributed by atoms with E-state index < -0.39 is 0 Å². The average Bonchev–Trinajstić information content (AvgIpc) is 3.60. The summed E-state index contributed by atoms with van der Waals surface area (Å²) < 4.78 is 3.36. The molecule has 0 aliphatic carbocycles. The van der Waals surface area contributed by atoms with E-state index in [1.54, 1.807) is 11.3 Å². The molecule has 1 aliphatic rings. The van der Waals surface area contributed by atoms with Crippen LogP contribution in [0.1, 0.15) is 48.8 Å². The molecule has 2 atom stereocenters. The van der Waals surface area contributed by atoms with Gasteiger partial charge in [-0.15, -0.1) is 0 Å². The van der Waals surface area contributed by atoms with Crippen molar-refractivity contribution in [1.82, 2.24) is 19.9 Å². The van der Waals surface area contributed by atoms with Gasteiger partial charge < -0.3 is 10.2 Å². The van der Waals surface area contributed by atoms with E-state index >= 15 is 0 Å². The van der Waals surface area contributed by atoms with Gasteiger partial charge in [0.15, 0.2) is 10.2 Å². The van der Waals surface area contributed by atoms with Crippen molar-refractivity contribution in [2.24, 2.45) is 0 Å². The Morgan fingerprint density at radius 3 is 2.49 bits per heavy atom. The second-order valence-corrected chi connectivity index (χ2v) is 10.4. The lowest BCUT2D eigenvalue weighted by molar-refractivity contribution is 0.549. The highest BCUT2D eigenvalue weighted by atomic mass is 32.1. The molecule has 5 aromatic rings. The summed E-state index contributed by atoms with van der Waals surface area (Å²) in [5.41, 5.74) is 5.45. The molecule has 0 amide bonds. The molecular formula is C28H25N5S2. The van der Waals surface area contributed by atoms with Crippen LogP contribution in [-0.4, -0.2) is 19.6 Å². The zero-order valence-electron chi connectivity index (χ0n) is 19.5. The smallest absolute Gasteiger partial charge is 0.194 e. The van der Waals surface area contributed by atoms with Gasteiger partial charge in [-0.25, -0.2) is 4.98 Å². The van der Waals surface area contributed by atoms with Crippen LogP contribution >= 0.6 is 23.6 Å². The Hall–Kier alpha value is -3.55. The maximum atomic E-state index is 5.91. The fraction of sp³-hybridized carbons (Fsp3) is 0.179. The lowest BCUT2D eigenvalue weighted by atomic mass is 9.99. The minimum Gasteiger partial charge on any atom is -0.351 e. The van der Waals surface area contributed by atoms with Gasteiger partial charge in [-0.3, -0.25) is 9.55 Å². The molecular weight excluding hydrogens is 470 g/mol. The number of hydrogen-bond donors (Lipinski definition) is 1. The number of aromatic nitrogens is 3. The molecule has 1 aliphatic heterocycles. The third-order valence-electron chi connectivity index (χ3n) is 6.51. The van der Waals surface area contributed by atoms with Crippen LogP contribution in [0.15, 0.2) is 91.3 Å². The molecule has 6 rings (SSSR count). The van der Waals surface area contributed by atoms with Gasteiger partial charge in [0, 0.05) is 18.1 Å². The van der Waals surface area contributed by atoms with Crippen LogP contribution in [0.4, 0.5) is 5.69 Å². The third kappa shape index (κ3) is 3.90. The molecule has 7 heteroatoms. The Bertz CT molecular complexity index is 1450. The molecule has 0 radical (unpaired) electrons. The van der Waals surface area contributed by atoms with Crippen molar-refractivity contribution in [3.05, 3.63) is 108 Å². The van der Waals surface area contributed by atoms with Crippen molar-refractivity contribution in [2.45, 2.75) is 31.8 Å². The van der Waals surface area contributed by atoms with Crippen molar-refractivity contribution >= 4 is 44.6 Å². The highest BCUT2D eigenvalue weighted by Gasteiger charge is 2.42. The molecule has 3 aromatic heterocycles. The van der Waals surface area contributed by atoms with Gasteiger partial charge in [-0.05, 0) is 72.2 Å². The standard InChI is InChI=1S/C28H25N5S2/c1-18(2)19-12-14-20(15-13-19)33-26(25(31-27(33)34)22-9-5-6-16-29-22)23-10-7-17-32(23)28-30-21-8-3-4-11-24(21)35-28/h3-18,25-26H,1-2H3,(H,31,34)/t25-,26+/m0/s1. The molecule has 5 nitrogen and oxygen atoms in total. The second kappa shape index (κ2) is 8.91. The second-order valence-electron chi connectivity index (χ2n) is 9.01. The quantitative estimate of drug-likeness (QED) is 0.272. The maximum Gasteiger partial charge on any atom is 0.194 e. The number of thiazole rings is 1. The summed E-state index contributed by atoms with van der Waals surface area (Å²) in [6.07, 6.45) is 3.92. The van der Waals surface area contributed by atoms with Crippen LogP contribution < -0.4 is 10.2 Å². The Kier molecular flexibility index (Phi) is 5.59. The summed E-state index contributed by atoms with van der Waals surface area (Å²) >= 11 is 7.60. The van der Waals surface area contributed by atoms with Crippen LogP contribution in [0.25, 0.3) is 15.3 Å². The van der Waals surface area contributed by atoms with Gasteiger partial charge in [0.2, 0.25) is 0 Å². The van der Waals surface area contributed by atoms with Gasteiger partial charge in [0.1, 0.15) is 6.04 Å². The van der Waals surface area contributed by atoms with Gasteiger partial charge >= 0.3 is 0 Å². The number of anilines is 1. The Labute approximate surface area is 214 Å². The SMILES string of the molecule is CC(C)c1ccc(N2C(=S)N[C@@H](c3ccccn3)[C@H]2c2cccn2-c2nc3ccccc3s2)cc1. The molecule has 174 valence electrons. The van der Waals surface area contributed by atoms with E-state index in [0.717, 1.165) is 27.7 Å². The summed E-state index contributed by atoms with van der Waals surface area (Å²) in [5.74, 6) is 0.473. The fourth-order valence-corrected chi connectivity index (χ4v) is 6.04. The maximum absolute atomic E-state index is 5.91. The molecule has 0 unspecified atom stereocenters. The summed E-state index contributed by atoms with van der Waals surface area (Å²) in [4.78, 5) is 11.8. The monoisotopic (exact) mass is 495 g/mol. The molecule has 0 saturated carbocycles. The zero-order chi connectivity index (χ0) is 23.9. The topological polar surface area (TPSA) is 46.0 Å². The van der Waals surface area contributed by atoms with Gasteiger partial charge in [-0.1, -0.05) is 55.5 Å². The van der Waals surface area contributed by atoms with Crippen LogP contribution in [0.5, 0.6) is 0 Å². The normalized spacial score (nSPS) is 17.9. The molecule has 35 heavy (non-hydrogen) atoms. The van der Waals surface area contributed by atoms with Crippen LogP contribution in [0.3, 0.4) is 0 Å². The number of benzene rings is 2. The first-order valence-corrected chi connectivity index (χ1v) is 13.0. The summed E-state index contributed by atoms with van der Waals surface area (Å²) in [6.45, 7) is 4.42. The van der Waals surface area contributed by atoms with Crippen molar-refractivity contribution < 1.29 is 0 Å². The minimum absolute atomic E-state index is 0.0932. The molecule has 1 N–H and O–H groups in total. The molecule has 0 bridgehead atoms. The Balaban J connectivity index is 1.49. The number of rotatable bonds is 5. The number of para-hydroxylation sites is 1. The predicted octanol–water partition coefficient (Wildman–Crippen LogP) is 6.78. The zero-order valence-corrected chi connectivity index (χ0v) is 21.1. The van der Waals surface area contributed by atoms with E-state index in [9.17, 15) is 0 Å². The highest BCUT2D eigenvalue weighted by molar-refractivity contribution is 7.80. The minimum atomic E-state index is -0.100. The Morgan fingerprint density at radius 1 is 0.943 bits per heavy atom. The molecule has 4 heterocycles. The first-order chi connectivity index (χ1) is 17.1. The van der Waals surface area contributed by atoms with E-state index in [-0.39, 0.29) is 12.1 Å². The largest absolute Gasteiger partial charge is 0.351 e. The molecule has 2 aromatic carbocycles. The third-order valence-corrected chi connectivity index (χ3v) is 7.86. The fourth-order valence-electron chi connectivity index (χ4n) is 4.73. The summed E-state index contributed by atoms with van der Waals surface area (Å²) in [7, 11) is 0. The number of nitrogens with one attached hydrogen (secondary N) is 1. The lowest BCUT2D eigenvalue weighted by Gasteiger charge is -2.28. The number of nitrogens with zero attached hydrogens (tertiary/aromatic N) is 4. The average molecular weight is 496 g/mol. The molecule has 1 fully saturated rings. The number of thiocarbonyl (C=S) groups is 1. The van der Waals surface area contributed by atoms with Crippen LogP contribution in [-0.2, 0) is 0 Å². The molecule has 0 spiro atoms. The van der Waals surface area contributed by atoms with Gasteiger partial charge in [-0.2, -0.15) is 0 Å². The number of fused-ring (bicyclic) bond motifs is 1. The molecule has 1 saturated heterocycles. The predicted molar refractivity (Wildman–Crippen MR) is 147 cm³/mol. The van der Waals surface area contributed by atoms with E-state index in [4.69, 9.17) is 17.2 Å². The Morgan fingerprint density at radius 2 is 1.74 bits per heavy atom. The van der Waals surface area contributed by atoms with Gasteiger partial charge in [0.05, 0.1) is 27.6 Å². The van der Waals surface area contributed by atoms with E-state index in [2.05, 4.69) is 100 Å². The van der Waals surface area contributed by atoms with Crippen LogP contribution in [0, 0.1) is 0 Å². The summed E-state index contributed by atoms with van der Waals surface area (Å²) in [6, 6.07) is 27.1. The van der Waals surface area contributed by atoms with Crippen molar-refractivity contribution in [3.8, 4) is 5.13 Å². The van der Waals surface area contributed by atoms with E-state index in [1.165, 1.54) is 10.3 Å². The summed E-state index contributed by atoms with van der Waals surface area (Å²) in [5, 5.41) is 5.20. The highest BCUT2D eigenvalue weighted by Crippen LogP contribution is 2.43. The van der Waals surface area contributed by atoms with Crippen molar-refractivity contribution in [2.75, 3.05) is 4.90 Å². The number of pyridine rings is 1.